The Balaban J connectivity index is 1.69. The van der Waals surface area contributed by atoms with E-state index in [4.69, 9.17) is 9.84 Å². The molecule has 192 valence electrons. The van der Waals surface area contributed by atoms with Crippen LogP contribution in [0.15, 0.2) is 24.3 Å². The summed E-state index contributed by atoms with van der Waals surface area (Å²) < 4.78 is 21.3. The number of hydrogen-bond acceptors (Lipinski definition) is 5. The molecule has 0 spiro atoms. The molecule has 1 aliphatic carbocycles. The zero-order chi connectivity index (χ0) is 24.8. The summed E-state index contributed by atoms with van der Waals surface area (Å²) in [6.45, 7) is 7.44. The van der Waals surface area contributed by atoms with Gasteiger partial charge in [0.25, 0.3) is 0 Å². The van der Waals surface area contributed by atoms with Gasteiger partial charge in [0.1, 0.15) is 11.6 Å². The van der Waals surface area contributed by atoms with Crippen molar-refractivity contribution in [2.75, 3.05) is 58.4 Å². The van der Waals surface area contributed by atoms with Crippen LogP contribution in [0.25, 0.3) is 5.69 Å². The standard InChI is InChI=1S/C27H40FN5O2/c1-21-25(20-32(13-8-18-35-3)27(34)22-9-5-4-6-10-22)26(31-16-14-30(2)15-17-31)33(29-21)24-12-7-11-23(28)19-24/h7,11-12,19,22H,4-6,8-10,13-18,20H2,1-3H3. The average Bonchev–Trinajstić information content (AvgIpc) is 3.20. The van der Waals surface area contributed by atoms with E-state index in [1.165, 1.54) is 18.6 Å². The van der Waals surface area contributed by atoms with Crippen LogP contribution in [0, 0.1) is 18.7 Å². The molecule has 1 amide bonds. The molecule has 7 nitrogen and oxygen atoms in total. The predicted molar refractivity (Wildman–Crippen MR) is 136 cm³/mol. The fourth-order valence-electron chi connectivity index (χ4n) is 5.33. The fourth-order valence-corrected chi connectivity index (χ4v) is 5.33. The number of likely N-dealkylation sites (N-methyl/N-ethyl adjacent to an activating group) is 1. The monoisotopic (exact) mass is 485 g/mol. The lowest BCUT2D eigenvalue weighted by Crippen LogP contribution is -2.46. The number of halogens is 1. The molecule has 1 aliphatic heterocycles. The van der Waals surface area contributed by atoms with Crippen LogP contribution in [0.2, 0.25) is 0 Å². The van der Waals surface area contributed by atoms with Gasteiger partial charge in [-0.05, 0) is 51.4 Å². The van der Waals surface area contributed by atoms with Gasteiger partial charge < -0.3 is 19.4 Å². The molecule has 35 heavy (non-hydrogen) atoms. The Hall–Kier alpha value is -2.45. The highest BCUT2D eigenvalue weighted by Gasteiger charge is 2.30. The van der Waals surface area contributed by atoms with Gasteiger partial charge in [0.2, 0.25) is 5.91 Å². The minimum Gasteiger partial charge on any atom is -0.385 e. The van der Waals surface area contributed by atoms with Crippen molar-refractivity contribution in [1.82, 2.24) is 19.6 Å². The maximum atomic E-state index is 14.2. The molecule has 4 rings (SSSR count). The minimum atomic E-state index is -0.282. The summed E-state index contributed by atoms with van der Waals surface area (Å²) in [6.07, 6.45) is 6.24. The van der Waals surface area contributed by atoms with Crippen LogP contribution in [0.1, 0.15) is 49.8 Å². The minimum absolute atomic E-state index is 0.108. The molecule has 1 saturated carbocycles. The third-order valence-corrected chi connectivity index (χ3v) is 7.40. The summed E-state index contributed by atoms with van der Waals surface area (Å²) >= 11 is 0. The van der Waals surface area contributed by atoms with E-state index in [1.54, 1.807) is 13.2 Å². The van der Waals surface area contributed by atoms with Gasteiger partial charge in [-0.2, -0.15) is 5.10 Å². The number of methoxy groups -OCH3 is 1. The smallest absolute Gasteiger partial charge is 0.225 e. The molecular formula is C27H40FN5O2. The number of benzene rings is 1. The third kappa shape index (κ3) is 6.22. The maximum Gasteiger partial charge on any atom is 0.225 e. The van der Waals surface area contributed by atoms with E-state index in [1.807, 2.05) is 22.6 Å². The number of ether oxygens (including phenoxy) is 1. The summed E-state index contributed by atoms with van der Waals surface area (Å²) in [7, 11) is 3.83. The zero-order valence-electron chi connectivity index (χ0n) is 21.5. The van der Waals surface area contributed by atoms with Crippen molar-refractivity contribution in [2.24, 2.45) is 5.92 Å². The highest BCUT2D eigenvalue weighted by Crippen LogP contribution is 2.32. The van der Waals surface area contributed by atoms with Crippen molar-refractivity contribution in [3.8, 4) is 5.69 Å². The summed E-state index contributed by atoms with van der Waals surface area (Å²) in [5, 5.41) is 4.87. The van der Waals surface area contributed by atoms with Crippen molar-refractivity contribution in [3.05, 3.63) is 41.3 Å². The number of piperazine rings is 1. The van der Waals surface area contributed by atoms with E-state index in [9.17, 15) is 9.18 Å². The molecule has 2 aliphatic rings. The van der Waals surface area contributed by atoms with Crippen LogP contribution < -0.4 is 4.90 Å². The Kier molecular flexibility index (Phi) is 8.78. The molecule has 1 aromatic carbocycles. The van der Waals surface area contributed by atoms with Gasteiger partial charge in [0, 0.05) is 57.9 Å². The highest BCUT2D eigenvalue weighted by atomic mass is 19.1. The van der Waals surface area contributed by atoms with E-state index in [0.717, 1.165) is 75.4 Å². The molecule has 2 aromatic rings. The van der Waals surface area contributed by atoms with E-state index in [0.29, 0.717) is 25.4 Å². The second kappa shape index (κ2) is 12.0. The Morgan fingerprint density at radius 1 is 1.17 bits per heavy atom. The number of aryl methyl sites for hydroxylation is 1. The summed E-state index contributed by atoms with van der Waals surface area (Å²) in [4.78, 5) is 20.3. The van der Waals surface area contributed by atoms with Crippen molar-refractivity contribution in [2.45, 2.75) is 52.0 Å². The van der Waals surface area contributed by atoms with Crippen LogP contribution in [0.4, 0.5) is 10.2 Å². The first-order valence-corrected chi connectivity index (χ1v) is 13.0. The van der Waals surface area contributed by atoms with Crippen molar-refractivity contribution in [1.29, 1.82) is 0 Å². The van der Waals surface area contributed by atoms with Gasteiger partial charge in [0.15, 0.2) is 0 Å². The van der Waals surface area contributed by atoms with Crippen molar-refractivity contribution < 1.29 is 13.9 Å². The molecule has 0 radical (unpaired) electrons. The van der Waals surface area contributed by atoms with Gasteiger partial charge in [-0.25, -0.2) is 9.07 Å². The van der Waals surface area contributed by atoms with E-state index >= 15 is 0 Å². The Labute approximate surface area is 208 Å². The Morgan fingerprint density at radius 2 is 1.91 bits per heavy atom. The summed E-state index contributed by atoms with van der Waals surface area (Å²) in [5.74, 6) is 1.06. The van der Waals surface area contributed by atoms with Gasteiger partial charge >= 0.3 is 0 Å². The second-order valence-corrected chi connectivity index (χ2v) is 10.0. The van der Waals surface area contributed by atoms with Gasteiger partial charge in [-0.15, -0.1) is 0 Å². The van der Waals surface area contributed by atoms with Gasteiger partial charge in [0.05, 0.1) is 17.9 Å². The number of aromatic nitrogens is 2. The van der Waals surface area contributed by atoms with Crippen LogP contribution in [-0.4, -0.2) is 79.0 Å². The zero-order valence-corrected chi connectivity index (χ0v) is 21.5. The SMILES string of the molecule is COCCCN(Cc1c(C)nn(-c2cccc(F)c2)c1N1CCN(C)CC1)C(=O)C1CCCCC1. The van der Waals surface area contributed by atoms with Crippen LogP contribution in [-0.2, 0) is 16.1 Å². The third-order valence-electron chi connectivity index (χ3n) is 7.40. The van der Waals surface area contributed by atoms with Gasteiger partial charge in [-0.1, -0.05) is 25.3 Å². The average molecular weight is 486 g/mol. The first-order valence-electron chi connectivity index (χ1n) is 13.0. The molecule has 1 saturated heterocycles. The molecular weight excluding hydrogens is 445 g/mol. The number of rotatable bonds is 9. The van der Waals surface area contributed by atoms with Gasteiger partial charge in [-0.3, -0.25) is 4.79 Å². The van der Waals surface area contributed by atoms with Crippen LogP contribution in [0.5, 0.6) is 0 Å². The maximum absolute atomic E-state index is 14.2. The molecule has 0 unspecified atom stereocenters. The molecule has 0 N–H and O–H groups in total. The molecule has 1 aromatic heterocycles. The number of hydrogen-bond donors (Lipinski definition) is 0. The van der Waals surface area contributed by atoms with E-state index < -0.39 is 0 Å². The normalized spacial score (nSPS) is 17.7. The number of anilines is 1. The second-order valence-electron chi connectivity index (χ2n) is 10.0. The first kappa shape index (κ1) is 25.6. The predicted octanol–water partition coefficient (Wildman–Crippen LogP) is 4.02. The molecule has 0 atom stereocenters. The highest BCUT2D eigenvalue weighted by molar-refractivity contribution is 5.79. The molecule has 8 heteroatoms. The molecule has 2 fully saturated rings. The van der Waals surface area contributed by atoms with Crippen molar-refractivity contribution >= 4 is 11.7 Å². The van der Waals surface area contributed by atoms with E-state index in [-0.39, 0.29) is 17.6 Å². The Bertz CT molecular complexity index is 980. The van der Waals surface area contributed by atoms with Crippen LogP contribution >= 0.6 is 0 Å². The van der Waals surface area contributed by atoms with Crippen molar-refractivity contribution in [3.63, 3.8) is 0 Å². The fraction of sp³-hybridized carbons (Fsp3) is 0.630. The lowest BCUT2D eigenvalue weighted by atomic mass is 9.88. The lowest BCUT2D eigenvalue weighted by molar-refractivity contribution is -0.137. The Morgan fingerprint density at radius 3 is 2.60 bits per heavy atom. The van der Waals surface area contributed by atoms with Crippen LogP contribution in [0.3, 0.4) is 0 Å². The number of carbonyl (C=O) groups excluding carboxylic acids is 1. The first-order chi connectivity index (χ1) is 17.0. The summed E-state index contributed by atoms with van der Waals surface area (Å²) in [5.41, 5.74) is 2.65. The number of carbonyl (C=O) groups is 1. The largest absolute Gasteiger partial charge is 0.385 e. The number of amides is 1. The molecule has 2 heterocycles. The summed E-state index contributed by atoms with van der Waals surface area (Å²) in [6, 6.07) is 6.59. The lowest BCUT2D eigenvalue weighted by Gasteiger charge is -2.35. The molecule has 0 bridgehead atoms. The number of nitrogens with zero attached hydrogens (tertiary/aromatic N) is 5. The topological polar surface area (TPSA) is 53.8 Å². The van der Waals surface area contributed by atoms with E-state index in [2.05, 4.69) is 16.8 Å². The quantitative estimate of drug-likeness (QED) is 0.502.